The molecule has 4 heterocycles. The van der Waals surface area contributed by atoms with Gasteiger partial charge in [0, 0.05) is 49.9 Å². The van der Waals surface area contributed by atoms with Crippen molar-refractivity contribution in [1.29, 1.82) is 0 Å². The summed E-state index contributed by atoms with van der Waals surface area (Å²) in [6.45, 7) is 14.8. The molecule has 1 aromatic carbocycles. The van der Waals surface area contributed by atoms with Gasteiger partial charge >= 0.3 is 5.97 Å². The van der Waals surface area contributed by atoms with Gasteiger partial charge in [0.2, 0.25) is 5.91 Å². The molecule has 1 amide bonds. The number of likely N-dealkylation sites (N-methyl/N-ethyl adjacent to an activating group) is 1. The van der Waals surface area contributed by atoms with Crippen LogP contribution in [-0.4, -0.2) is 154 Å². The number of aliphatic hydroxyl groups is 5. The average molecular weight is 931 g/mol. The molecule has 3 aliphatic rings. The van der Waals surface area contributed by atoms with Crippen LogP contribution in [0.3, 0.4) is 0 Å². The molecule has 5 rings (SSSR count). The number of rotatable bonds is 12. The maximum atomic E-state index is 14.7. The lowest BCUT2D eigenvalue weighted by Crippen LogP contribution is -2.59. The van der Waals surface area contributed by atoms with Gasteiger partial charge < -0.3 is 63.9 Å². The molecule has 8 unspecified atom stereocenters. The zero-order valence-corrected chi connectivity index (χ0v) is 41.0. The zero-order chi connectivity index (χ0) is 49.1. The number of esters is 1. The molecule has 0 bridgehead atoms. The number of ketones is 1. The Morgan fingerprint density at radius 2 is 1.62 bits per heavy atom. The maximum absolute atomic E-state index is 14.7. The zero-order valence-electron chi connectivity index (χ0n) is 41.0. The van der Waals surface area contributed by atoms with E-state index in [1.807, 2.05) is 63.2 Å². The first kappa shape index (κ1) is 53.7. The number of hydrogen-bond donors (Lipinski definition) is 6. The standard InChI is InChI=1S/C50H78N2O14/c1-27-25-48(7,59)35(24-38-43(55)36(52(10)11)21-28(2)63-38)29(3)44(66-41-26-49(8,61-12)46(57)32(6)64-41)31(5)47(58)65-39(50(9,60)45(56)30(4)42(27)54)18-19-51-40(53)23-33-15-13-16-34(22-33)37-17-14-20-62-37/h13-17,20,22,27-32,35-36,38-39,41,43-46,55-57,59-60H,18-19,21,23-26H2,1-12H3,(H,51,53)/t27-,28?,29-,30+,31-,32?,35-,36?,38?,39-,41?,43?,44+,45-,46?,48-,49?,50-/m1/s1. The first-order valence-corrected chi connectivity index (χ1v) is 23.6. The monoisotopic (exact) mass is 931 g/mol. The number of cyclic esters (lactones) is 1. The summed E-state index contributed by atoms with van der Waals surface area (Å²) in [6, 6.07) is 10.7. The SMILES string of the molecule is COC1(C)CC(O[C@H]2[C@H](C)[C@@H](CC3OC(C)CC(N(C)C)C3O)[C@](C)(O)C[C@@H](C)C(=O)[C@H](C)[C@@H](O)[C@](C)(O)[C@@H](CCNC(=O)Cc3cccc(-c4ccco4)c3)OC(=O)[C@@H]2C)OC(C)C1O. The van der Waals surface area contributed by atoms with E-state index >= 15 is 0 Å². The van der Waals surface area contributed by atoms with Gasteiger partial charge in [0.1, 0.15) is 29.4 Å². The molecule has 18 atom stereocenters. The third kappa shape index (κ3) is 12.3. The highest BCUT2D eigenvalue weighted by Crippen LogP contribution is 2.44. The second kappa shape index (κ2) is 22.0. The summed E-state index contributed by atoms with van der Waals surface area (Å²) >= 11 is 0. The number of amides is 1. The van der Waals surface area contributed by atoms with E-state index in [2.05, 4.69) is 5.32 Å². The number of aliphatic hydroxyl groups excluding tert-OH is 3. The number of nitrogens with zero attached hydrogens (tertiary/aromatic N) is 1. The molecule has 16 heteroatoms. The molecule has 3 saturated heterocycles. The van der Waals surface area contributed by atoms with Crippen LogP contribution < -0.4 is 5.32 Å². The topological polar surface area (TPSA) is 227 Å². The Hall–Kier alpha value is -3.29. The van der Waals surface area contributed by atoms with Crippen LogP contribution in [-0.2, 0) is 44.5 Å². The minimum Gasteiger partial charge on any atom is -0.464 e. The van der Waals surface area contributed by atoms with Gasteiger partial charge in [-0.1, -0.05) is 39.0 Å². The van der Waals surface area contributed by atoms with E-state index in [0.29, 0.717) is 12.2 Å². The van der Waals surface area contributed by atoms with E-state index in [1.165, 1.54) is 21.0 Å². The molecule has 2 aromatic rings. The van der Waals surface area contributed by atoms with Crippen molar-refractivity contribution >= 4 is 17.7 Å². The molecule has 0 radical (unpaired) electrons. The molecular weight excluding hydrogens is 853 g/mol. The van der Waals surface area contributed by atoms with Gasteiger partial charge in [0.15, 0.2) is 6.29 Å². The number of furan rings is 1. The van der Waals surface area contributed by atoms with Crippen molar-refractivity contribution in [1.82, 2.24) is 10.2 Å². The molecule has 0 aliphatic carbocycles. The largest absolute Gasteiger partial charge is 0.464 e. The average Bonchev–Trinajstić information content (AvgIpc) is 3.81. The van der Waals surface area contributed by atoms with Crippen LogP contribution in [0.25, 0.3) is 11.3 Å². The highest BCUT2D eigenvalue weighted by Gasteiger charge is 2.53. The van der Waals surface area contributed by atoms with Gasteiger partial charge in [-0.25, -0.2) is 0 Å². The van der Waals surface area contributed by atoms with Crippen molar-refractivity contribution in [3.05, 3.63) is 48.2 Å². The highest BCUT2D eigenvalue weighted by molar-refractivity contribution is 5.83. The van der Waals surface area contributed by atoms with Gasteiger partial charge in [-0.05, 0) is 110 Å². The molecule has 3 fully saturated rings. The first-order chi connectivity index (χ1) is 30.8. The molecule has 6 N–H and O–H groups in total. The van der Waals surface area contributed by atoms with Crippen LogP contribution in [0.5, 0.6) is 0 Å². The summed E-state index contributed by atoms with van der Waals surface area (Å²) in [5, 5.41) is 62.4. The van der Waals surface area contributed by atoms with Crippen molar-refractivity contribution in [2.75, 3.05) is 27.7 Å². The Balaban J connectivity index is 1.50. The lowest BCUT2D eigenvalue weighted by Gasteiger charge is -2.49. The Bertz CT molecular complexity index is 1910. The second-order valence-electron chi connectivity index (χ2n) is 20.5. The van der Waals surface area contributed by atoms with Crippen molar-refractivity contribution < 1.29 is 68.0 Å². The summed E-state index contributed by atoms with van der Waals surface area (Å²) in [5.74, 6) is -5.54. The van der Waals surface area contributed by atoms with Crippen LogP contribution in [0.4, 0.5) is 0 Å². The predicted octanol–water partition coefficient (Wildman–Crippen LogP) is 4.05. The van der Waals surface area contributed by atoms with Crippen molar-refractivity contribution in [2.24, 2.45) is 29.6 Å². The summed E-state index contributed by atoms with van der Waals surface area (Å²) < 4.78 is 36.9. The predicted molar refractivity (Wildman–Crippen MR) is 245 cm³/mol. The van der Waals surface area contributed by atoms with E-state index < -0.39 is 107 Å². The maximum Gasteiger partial charge on any atom is 0.311 e. The number of ether oxygens (including phenoxy) is 5. The van der Waals surface area contributed by atoms with Crippen LogP contribution in [0.2, 0.25) is 0 Å². The first-order valence-electron chi connectivity index (χ1n) is 23.6. The number of benzene rings is 1. The normalized spacial score (nSPS) is 41.0. The third-order valence-electron chi connectivity index (χ3n) is 15.0. The number of methoxy groups -OCH3 is 1. The van der Waals surface area contributed by atoms with E-state index in [9.17, 15) is 39.9 Å². The van der Waals surface area contributed by atoms with Gasteiger partial charge in [0.25, 0.3) is 0 Å². The van der Waals surface area contributed by atoms with E-state index in [-0.39, 0.29) is 56.7 Å². The number of carbonyl (C=O) groups is 3. The number of hydrogen-bond acceptors (Lipinski definition) is 15. The van der Waals surface area contributed by atoms with Crippen LogP contribution in [0.1, 0.15) is 100.0 Å². The van der Waals surface area contributed by atoms with Crippen molar-refractivity contribution in [2.45, 2.75) is 179 Å². The summed E-state index contributed by atoms with van der Waals surface area (Å²) in [4.78, 5) is 44.2. The number of nitrogens with one attached hydrogen (secondary N) is 1. The molecular formula is C50H78N2O14. The molecule has 3 aliphatic heterocycles. The third-order valence-corrected chi connectivity index (χ3v) is 15.0. The molecule has 66 heavy (non-hydrogen) atoms. The smallest absolute Gasteiger partial charge is 0.311 e. The molecule has 16 nitrogen and oxygen atoms in total. The van der Waals surface area contributed by atoms with Crippen molar-refractivity contribution in [3.8, 4) is 11.3 Å². The van der Waals surface area contributed by atoms with Crippen molar-refractivity contribution in [3.63, 3.8) is 0 Å². The Morgan fingerprint density at radius 1 is 0.924 bits per heavy atom. The van der Waals surface area contributed by atoms with Gasteiger partial charge in [0.05, 0.1) is 66.4 Å². The minimum absolute atomic E-state index is 0.0268. The highest BCUT2D eigenvalue weighted by atomic mass is 16.7. The fraction of sp³-hybridized carbons (Fsp3) is 0.740. The minimum atomic E-state index is -2.20. The lowest BCUT2D eigenvalue weighted by atomic mass is 9.67. The Kier molecular flexibility index (Phi) is 17.9. The van der Waals surface area contributed by atoms with Gasteiger partial charge in [-0.15, -0.1) is 0 Å². The molecule has 0 spiro atoms. The van der Waals surface area contributed by atoms with Gasteiger partial charge in [-0.2, -0.15) is 0 Å². The van der Waals surface area contributed by atoms with Crippen LogP contribution in [0.15, 0.2) is 47.1 Å². The van der Waals surface area contributed by atoms with Gasteiger partial charge in [-0.3, -0.25) is 14.4 Å². The number of Topliss-reactive ketones (excluding diaryl/α,β-unsaturated/α-hetero) is 1. The van der Waals surface area contributed by atoms with E-state index in [0.717, 1.165) is 11.1 Å². The van der Waals surface area contributed by atoms with Crippen LogP contribution >= 0.6 is 0 Å². The van der Waals surface area contributed by atoms with E-state index in [4.69, 9.17) is 28.1 Å². The Labute approximate surface area is 390 Å². The lowest BCUT2D eigenvalue weighted by molar-refractivity contribution is -0.299. The van der Waals surface area contributed by atoms with Crippen LogP contribution in [0, 0.1) is 29.6 Å². The molecule has 0 saturated carbocycles. The fourth-order valence-corrected chi connectivity index (χ4v) is 10.7. The Morgan fingerprint density at radius 3 is 2.26 bits per heavy atom. The summed E-state index contributed by atoms with van der Waals surface area (Å²) in [5.41, 5.74) is -3.39. The molecule has 372 valence electrons. The summed E-state index contributed by atoms with van der Waals surface area (Å²) in [7, 11) is 5.27. The second-order valence-corrected chi connectivity index (χ2v) is 20.5. The molecule has 1 aromatic heterocycles. The van der Waals surface area contributed by atoms with E-state index in [1.54, 1.807) is 46.9 Å². The fourth-order valence-electron chi connectivity index (χ4n) is 10.7. The summed E-state index contributed by atoms with van der Waals surface area (Å²) in [6.07, 6.45) is -6.74. The number of carbonyl (C=O) groups excluding carboxylic acids is 3. The quantitative estimate of drug-likeness (QED) is 0.165.